The summed E-state index contributed by atoms with van der Waals surface area (Å²) in [5, 5.41) is 11.4. The van der Waals surface area contributed by atoms with E-state index in [1.807, 2.05) is 6.92 Å². The molecule has 1 aromatic rings. The van der Waals surface area contributed by atoms with Gasteiger partial charge in [-0.2, -0.15) is 0 Å². The van der Waals surface area contributed by atoms with Gasteiger partial charge >= 0.3 is 0 Å². The number of aliphatic hydroxyl groups excluding tert-OH is 1. The van der Waals surface area contributed by atoms with Crippen molar-refractivity contribution in [2.75, 3.05) is 12.3 Å². The average Bonchev–Trinajstić information content (AvgIpc) is 2.29. The third-order valence-corrected chi connectivity index (χ3v) is 2.47. The van der Waals surface area contributed by atoms with Crippen molar-refractivity contribution in [2.24, 2.45) is 0 Å². The van der Waals surface area contributed by atoms with Gasteiger partial charge in [-0.1, -0.05) is 6.07 Å². The predicted octanol–water partition coefficient (Wildman–Crippen LogP) is 1.30. The monoisotopic (exact) mass is 240 g/mol. The summed E-state index contributed by atoms with van der Waals surface area (Å²) in [6.07, 6.45) is 1.28. The van der Waals surface area contributed by atoms with E-state index in [0.717, 1.165) is 0 Å². The van der Waals surface area contributed by atoms with Crippen LogP contribution in [0.1, 0.15) is 30.1 Å². The number of hydrogen-bond donors (Lipinski definition) is 3. The van der Waals surface area contributed by atoms with E-state index in [1.165, 1.54) is 18.2 Å². The minimum atomic E-state index is -0.597. The van der Waals surface area contributed by atoms with Gasteiger partial charge in [-0.05, 0) is 31.9 Å². The van der Waals surface area contributed by atoms with Crippen molar-refractivity contribution in [3.63, 3.8) is 0 Å². The Morgan fingerprint density at radius 1 is 1.59 bits per heavy atom. The summed E-state index contributed by atoms with van der Waals surface area (Å²) in [4.78, 5) is 11.8. The fraction of sp³-hybridized carbons (Fsp3) is 0.417. The molecular weight excluding hydrogens is 223 g/mol. The van der Waals surface area contributed by atoms with E-state index < -0.39 is 11.7 Å². The topological polar surface area (TPSA) is 75.3 Å². The molecule has 4 nitrogen and oxygen atoms in total. The van der Waals surface area contributed by atoms with E-state index in [2.05, 4.69) is 5.32 Å². The summed E-state index contributed by atoms with van der Waals surface area (Å²) >= 11 is 0. The minimum absolute atomic E-state index is 0.0856. The molecule has 1 unspecified atom stereocenters. The van der Waals surface area contributed by atoms with E-state index in [4.69, 9.17) is 10.8 Å². The molecule has 0 saturated carbocycles. The van der Waals surface area contributed by atoms with Gasteiger partial charge in [0.25, 0.3) is 5.91 Å². The van der Waals surface area contributed by atoms with Gasteiger partial charge in [-0.3, -0.25) is 4.79 Å². The largest absolute Gasteiger partial charge is 0.396 e. The number of para-hydroxylation sites is 1. The van der Waals surface area contributed by atoms with Crippen molar-refractivity contribution in [1.29, 1.82) is 0 Å². The lowest BCUT2D eigenvalue weighted by atomic mass is 10.1. The Labute approximate surface area is 99.6 Å². The fourth-order valence-corrected chi connectivity index (χ4v) is 1.51. The molecule has 0 saturated heterocycles. The Balaban J connectivity index is 2.67. The summed E-state index contributed by atoms with van der Waals surface area (Å²) in [5.41, 5.74) is 5.48. The highest BCUT2D eigenvalue weighted by Gasteiger charge is 2.14. The Kier molecular flexibility index (Phi) is 4.90. The Bertz CT molecular complexity index is 396. The summed E-state index contributed by atoms with van der Waals surface area (Å²) in [6, 6.07) is 4.05. The van der Waals surface area contributed by atoms with Crippen LogP contribution in [0.2, 0.25) is 0 Å². The maximum atomic E-state index is 13.1. The third-order valence-electron chi connectivity index (χ3n) is 2.47. The lowest BCUT2D eigenvalue weighted by Crippen LogP contribution is -2.33. The fourth-order valence-electron chi connectivity index (χ4n) is 1.51. The van der Waals surface area contributed by atoms with Crippen LogP contribution in [0.25, 0.3) is 0 Å². The van der Waals surface area contributed by atoms with Gasteiger partial charge in [0.1, 0.15) is 5.82 Å². The number of carbonyl (C=O) groups excluding carboxylic acids is 1. The first-order valence-electron chi connectivity index (χ1n) is 5.52. The quantitative estimate of drug-likeness (QED) is 0.679. The normalized spacial score (nSPS) is 12.2. The van der Waals surface area contributed by atoms with E-state index in [0.29, 0.717) is 12.8 Å². The predicted molar refractivity (Wildman–Crippen MR) is 64.1 cm³/mol. The molecule has 1 aromatic carbocycles. The number of nitrogen functional groups attached to an aromatic ring is 1. The maximum absolute atomic E-state index is 13.1. The molecule has 1 atom stereocenters. The van der Waals surface area contributed by atoms with Crippen molar-refractivity contribution in [2.45, 2.75) is 25.8 Å². The first-order chi connectivity index (χ1) is 8.06. The highest BCUT2D eigenvalue weighted by Crippen LogP contribution is 2.15. The van der Waals surface area contributed by atoms with Crippen LogP contribution in [0.5, 0.6) is 0 Å². The van der Waals surface area contributed by atoms with Gasteiger partial charge in [-0.15, -0.1) is 0 Å². The molecule has 1 amide bonds. The minimum Gasteiger partial charge on any atom is -0.396 e. The number of anilines is 1. The second kappa shape index (κ2) is 6.20. The van der Waals surface area contributed by atoms with Crippen molar-refractivity contribution in [3.8, 4) is 0 Å². The Hall–Kier alpha value is -1.62. The van der Waals surface area contributed by atoms with Crippen molar-refractivity contribution >= 4 is 11.6 Å². The number of nitrogens with two attached hydrogens (primary N) is 1. The van der Waals surface area contributed by atoms with Crippen LogP contribution in [-0.4, -0.2) is 23.7 Å². The van der Waals surface area contributed by atoms with Crippen molar-refractivity contribution in [1.82, 2.24) is 5.32 Å². The van der Waals surface area contributed by atoms with Gasteiger partial charge in [0.05, 0.1) is 11.3 Å². The number of benzene rings is 1. The zero-order valence-corrected chi connectivity index (χ0v) is 9.74. The van der Waals surface area contributed by atoms with Gasteiger partial charge in [0.15, 0.2) is 0 Å². The summed E-state index contributed by atoms with van der Waals surface area (Å²) in [6.45, 7) is 1.91. The first kappa shape index (κ1) is 13.4. The number of nitrogens with one attached hydrogen (secondary N) is 1. The highest BCUT2D eigenvalue weighted by molar-refractivity contribution is 5.99. The number of amides is 1. The molecule has 0 bridgehead atoms. The second-order valence-electron chi connectivity index (χ2n) is 3.94. The van der Waals surface area contributed by atoms with E-state index in [1.54, 1.807) is 0 Å². The molecule has 0 aliphatic rings. The van der Waals surface area contributed by atoms with Crippen LogP contribution in [0.3, 0.4) is 0 Å². The Morgan fingerprint density at radius 3 is 2.94 bits per heavy atom. The summed E-state index contributed by atoms with van der Waals surface area (Å²) in [5.74, 6) is -0.992. The number of halogens is 1. The van der Waals surface area contributed by atoms with E-state index >= 15 is 0 Å². The van der Waals surface area contributed by atoms with Crippen LogP contribution < -0.4 is 11.1 Å². The Morgan fingerprint density at radius 2 is 2.29 bits per heavy atom. The number of rotatable bonds is 5. The zero-order valence-electron chi connectivity index (χ0n) is 9.74. The second-order valence-corrected chi connectivity index (χ2v) is 3.94. The lowest BCUT2D eigenvalue weighted by Gasteiger charge is -2.14. The third kappa shape index (κ3) is 3.71. The van der Waals surface area contributed by atoms with Gasteiger partial charge in [0, 0.05) is 12.6 Å². The standard InChI is InChI=1S/C12H17FN2O2/c1-8(4-3-7-16)15-12(17)9-5-2-6-10(13)11(9)14/h2,5-6,8,16H,3-4,7,14H2,1H3,(H,15,17). The first-order valence-corrected chi connectivity index (χ1v) is 5.52. The van der Waals surface area contributed by atoms with Crippen LogP contribution in [0.15, 0.2) is 18.2 Å². The molecule has 94 valence electrons. The van der Waals surface area contributed by atoms with Crippen LogP contribution in [0, 0.1) is 5.82 Å². The van der Waals surface area contributed by atoms with Crippen LogP contribution in [-0.2, 0) is 0 Å². The van der Waals surface area contributed by atoms with Crippen LogP contribution in [0.4, 0.5) is 10.1 Å². The van der Waals surface area contributed by atoms with Crippen LogP contribution >= 0.6 is 0 Å². The molecule has 0 aliphatic carbocycles. The van der Waals surface area contributed by atoms with Gasteiger partial charge in [0.2, 0.25) is 0 Å². The molecular formula is C12H17FN2O2. The molecule has 1 rings (SSSR count). The number of hydrogen-bond acceptors (Lipinski definition) is 3. The number of aliphatic hydroxyl groups is 1. The molecule has 4 N–H and O–H groups in total. The highest BCUT2D eigenvalue weighted by atomic mass is 19.1. The molecule has 0 fully saturated rings. The maximum Gasteiger partial charge on any atom is 0.253 e. The molecule has 0 spiro atoms. The lowest BCUT2D eigenvalue weighted by molar-refractivity contribution is 0.0937. The van der Waals surface area contributed by atoms with Gasteiger partial charge in [-0.25, -0.2) is 4.39 Å². The molecule has 0 radical (unpaired) electrons. The van der Waals surface area contributed by atoms with E-state index in [9.17, 15) is 9.18 Å². The van der Waals surface area contributed by atoms with Gasteiger partial charge < -0.3 is 16.2 Å². The SMILES string of the molecule is CC(CCCO)NC(=O)c1cccc(F)c1N. The van der Waals surface area contributed by atoms with E-state index in [-0.39, 0.29) is 23.9 Å². The molecule has 0 aliphatic heterocycles. The summed E-state index contributed by atoms with van der Waals surface area (Å²) in [7, 11) is 0. The zero-order chi connectivity index (χ0) is 12.8. The smallest absolute Gasteiger partial charge is 0.253 e. The summed E-state index contributed by atoms with van der Waals surface area (Å²) < 4.78 is 13.1. The molecule has 0 heterocycles. The van der Waals surface area contributed by atoms with Crippen molar-refractivity contribution < 1.29 is 14.3 Å². The molecule has 17 heavy (non-hydrogen) atoms. The average molecular weight is 240 g/mol. The number of carbonyl (C=O) groups is 1. The molecule has 5 heteroatoms. The molecule has 0 aromatic heterocycles. The van der Waals surface area contributed by atoms with Crippen molar-refractivity contribution in [3.05, 3.63) is 29.6 Å².